The summed E-state index contributed by atoms with van der Waals surface area (Å²) in [4.78, 5) is 23.3. The Balaban J connectivity index is 1.73. The maximum absolute atomic E-state index is 12.8. The van der Waals surface area contributed by atoms with E-state index in [0.29, 0.717) is 29.5 Å². The van der Waals surface area contributed by atoms with E-state index in [1.807, 2.05) is 0 Å². The van der Waals surface area contributed by atoms with Crippen LogP contribution < -0.4 is 24.4 Å². The molecule has 8 heteroatoms. The third-order valence-corrected chi connectivity index (χ3v) is 4.60. The first-order chi connectivity index (χ1) is 13.2. The molecule has 1 aromatic heterocycles. The molecule has 2 heterocycles. The van der Waals surface area contributed by atoms with Crippen molar-refractivity contribution < 1.29 is 19.0 Å². The molecule has 1 saturated heterocycles. The number of hydrogen-bond acceptors (Lipinski definition) is 7. The van der Waals surface area contributed by atoms with Crippen LogP contribution in [-0.2, 0) is 4.79 Å². The van der Waals surface area contributed by atoms with Crippen molar-refractivity contribution in [2.45, 2.75) is 12.8 Å². The average molecular weight is 372 g/mol. The zero-order valence-corrected chi connectivity index (χ0v) is 15.8. The number of anilines is 2. The molecule has 0 spiro atoms. The van der Waals surface area contributed by atoms with Gasteiger partial charge in [0.25, 0.3) is 0 Å². The van der Waals surface area contributed by atoms with E-state index in [9.17, 15) is 4.79 Å². The zero-order valence-electron chi connectivity index (χ0n) is 15.8. The van der Waals surface area contributed by atoms with Crippen LogP contribution in [0.5, 0.6) is 17.2 Å². The lowest BCUT2D eigenvalue weighted by Gasteiger charge is -2.32. The molecule has 144 valence electrons. The molecule has 1 aromatic carbocycles. The lowest BCUT2D eigenvalue weighted by atomic mass is 9.97. The van der Waals surface area contributed by atoms with Crippen molar-refractivity contribution in [2.75, 3.05) is 44.6 Å². The van der Waals surface area contributed by atoms with Crippen LogP contribution in [0.3, 0.4) is 0 Å². The van der Waals surface area contributed by atoms with Gasteiger partial charge in [-0.2, -0.15) is 0 Å². The number of ether oxygens (including phenoxy) is 3. The van der Waals surface area contributed by atoms with Crippen LogP contribution in [0.25, 0.3) is 0 Å². The highest BCUT2D eigenvalue weighted by atomic mass is 16.5. The fourth-order valence-electron chi connectivity index (χ4n) is 3.25. The number of benzene rings is 1. The first-order valence-corrected chi connectivity index (χ1v) is 8.78. The van der Waals surface area contributed by atoms with Gasteiger partial charge in [-0.15, -0.1) is 0 Å². The molecule has 1 amide bonds. The summed E-state index contributed by atoms with van der Waals surface area (Å²) in [5.41, 5.74) is 0.603. The molecule has 1 aliphatic rings. The molecule has 1 aliphatic heterocycles. The zero-order chi connectivity index (χ0) is 19.2. The molecule has 0 aliphatic carbocycles. The van der Waals surface area contributed by atoms with Gasteiger partial charge in [-0.1, -0.05) is 0 Å². The molecule has 0 bridgehead atoms. The van der Waals surface area contributed by atoms with Gasteiger partial charge in [0.15, 0.2) is 11.5 Å². The van der Waals surface area contributed by atoms with Crippen LogP contribution in [0.1, 0.15) is 12.8 Å². The van der Waals surface area contributed by atoms with E-state index in [4.69, 9.17) is 14.2 Å². The molecule has 2 aromatic rings. The van der Waals surface area contributed by atoms with E-state index >= 15 is 0 Å². The minimum Gasteiger partial charge on any atom is -0.493 e. The number of methoxy groups -OCH3 is 3. The van der Waals surface area contributed by atoms with Crippen LogP contribution in [0.2, 0.25) is 0 Å². The maximum Gasteiger partial charge on any atom is 0.229 e. The van der Waals surface area contributed by atoms with Gasteiger partial charge < -0.3 is 24.4 Å². The van der Waals surface area contributed by atoms with Crippen LogP contribution in [0, 0.1) is 5.92 Å². The van der Waals surface area contributed by atoms with E-state index in [-0.39, 0.29) is 11.8 Å². The second kappa shape index (κ2) is 8.57. The Morgan fingerprint density at radius 2 is 1.89 bits per heavy atom. The Labute approximate surface area is 158 Å². The second-order valence-corrected chi connectivity index (χ2v) is 6.25. The number of carbonyl (C=O) groups is 1. The number of piperidine rings is 1. The number of nitrogens with one attached hydrogen (secondary N) is 1. The summed E-state index contributed by atoms with van der Waals surface area (Å²) in [6.07, 6.45) is 6.77. The third-order valence-electron chi connectivity index (χ3n) is 4.60. The molecule has 1 N–H and O–H groups in total. The third kappa shape index (κ3) is 4.21. The Morgan fingerprint density at radius 1 is 1.15 bits per heavy atom. The second-order valence-electron chi connectivity index (χ2n) is 6.25. The topological polar surface area (TPSA) is 85.8 Å². The molecule has 1 fully saturated rings. The molecular formula is C19H24N4O4. The summed E-state index contributed by atoms with van der Waals surface area (Å²) in [7, 11) is 4.63. The summed E-state index contributed by atoms with van der Waals surface area (Å²) in [6.45, 7) is 1.47. The summed E-state index contributed by atoms with van der Waals surface area (Å²) < 4.78 is 16.0. The van der Waals surface area contributed by atoms with Crippen molar-refractivity contribution in [1.29, 1.82) is 0 Å². The van der Waals surface area contributed by atoms with E-state index in [2.05, 4.69) is 20.2 Å². The van der Waals surface area contributed by atoms with Gasteiger partial charge in [0.05, 0.1) is 33.4 Å². The van der Waals surface area contributed by atoms with Gasteiger partial charge in [-0.05, 0) is 12.8 Å². The monoisotopic (exact) mass is 372 g/mol. The van der Waals surface area contributed by atoms with Gasteiger partial charge in [-0.25, -0.2) is 4.98 Å². The van der Waals surface area contributed by atoms with Crippen LogP contribution in [0.4, 0.5) is 11.5 Å². The molecule has 0 radical (unpaired) electrons. The van der Waals surface area contributed by atoms with E-state index in [1.165, 1.54) is 0 Å². The summed E-state index contributed by atoms with van der Waals surface area (Å²) >= 11 is 0. The van der Waals surface area contributed by atoms with Crippen LogP contribution in [0.15, 0.2) is 30.7 Å². The van der Waals surface area contributed by atoms with Crippen molar-refractivity contribution in [3.05, 3.63) is 30.7 Å². The maximum atomic E-state index is 12.8. The highest BCUT2D eigenvalue weighted by Crippen LogP contribution is 2.40. The van der Waals surface area contributed by atoms with Gasteiger partial charge in [0, 0.05) is 43.3 Å². The highest BCUT2D eigenvalue weighted by molar-refractivity contribution is 5.93. The van der Waals surface area contributed by atoms with Crippen LogP contribution in [-0.4, -0.2) is 50.3 Å². The SMILES string of the molecule is COc1cc(NC(=O)C2CCCN(c3cnccn3)C2)cc(OC)c1OC. The number of hydrogen-bond donors (Lipinski definition) is 1. The molecule has 0 saturated carbocycles. The largest absolute Gasteiger partial charge is 0.493 e. The number of amides is 1. The van der Waals surface area contributed by atoms with Crippen molar-refractivity contribution in [3.63, 3.8) is 0 Å². The molecular weight excluding hydrogens is 348 g/mol. The van der Waals surface area contributed by atoms with Crippen molar-refractivity contribution in [1.82, 2.24) is 9.97 Å². The Hall–Kier alpha value is -3.03. The minimum absolute atomic E-state index is 0.0436. The number of nitrogens with zero attached hydrogens (tertiary/aromatic N) is 3. The van der Waals surface area contributed by atoms with Crippen molar-refractivity contribution >= 4 is 17.4 Å². The Bertz CT molecular complexity index is 760. The summed E-state index contributed by atoms with van der Waals surface area (Å²) in [6, 6.07) is 3.45. The van der Waals surface area contributed by atoms with Crippen LogP contribution >= 0.6 is 0 Å². The summed E-state index contributed by atoms with van der Waals surface area (Å²) in [5.74, 6) is 2.10. The number of rotatable bonds is 6. The lowest BCUT2D eigenvalue weighted by molar-refractivity contribution is -0.120. The fourth-order valence-corrected chi connectivity index (χ4v) is 3.25. The average Bonchev–Trinajstić information content (AvgIpc) is 2.73. The van der Waals surface area contributed by atoms with Gasteiger partial charge >= 0.3 is 0 Å². The molecule has 1 atom stereocenters. The lowest BCUT2D eigenvalue weighted by Crippen LogP contribution is -2.41. The van der Waals surface area contributed by atoms with Gasteiger partial charge in [0.2, 0.25) is 11.7 Å². The standard InChI is InChI=1S/C19H24N4O4/c1-25-15-9-14(10-16(26-2)18(15)27-3)22-19(24)13-5-4-8-23(12-13)17-11-20-6-7-21-17/h6-7,9-11,13H,4-5,8,12H2,1-3H3,(H,22,24). The molecule has 1 unspecified atom stereocenters. The predicted molar refractivity (Wildman–Crippen MR) is 102 cm³/mol. The quantitative estimate of drug-likeness (QED) is 0.833. The van der Waals surface area contributed by atoms with E-state index < -0.39 is 0 Å². The Kier molecular flexibility index (Phi) is 5.95. The van der Waals surface area contributed by atoms with Gasteiger partial charge in [-0.3, -0.25) is 9.78 Å². The minimum atomic E-state index is -0.139. The van der Waals surface area contributed by atoms with E-state index in [0.717, 1.165) is 25.2 Å². The van der Waals surface area contributed by atoms with Crippen molar-refractivity contribution in [2.24, 2.45) is 5.92 Å². The first-order valence-electron chi connectivity index (χ1n) is 8.78. The fraction of sp³-hybridized carbons (Fsp3) is 0.421. The summed E-state index contributed by atoms with van der Waals surface area (Å²) in [5, 5.41) is 2.97. The Morgan fingerprint density at radius 3 is 2.48 bits per heavy atom. The molecule has 3 rings (SSSR count). The molecule has 27 heavy (non-hydrogen) atoms. The number of carbonyl (C=O) groups excluding carboxylic acids is 1. The van der Waals surface area contributed by atoms with Crippen molar-refractivity contribution in [3.8, 4) is 17.2 Å². The normalized spacial score (nSPS) is 16.6. The van der Waals surface area contributed by atoms with Gasteiger partial charge in [0.1, 0.15) is 5.82 Å². The highest BCUT2D eigenvalue weighted by Gasteiger charge is 2.27. The molecule has 8 nitrogen and oxygen atoms in total. The first kappa shape index (κ1) is 18.8. The predicted octanol–water partition coefficient (Wildman–Crippen LogP) is 2.36. The van der Waals surface area contributed by atoms with E-state index in [1.54, 1.807) is 52.1 Å². The smallest absolute Gasteiger partial charge is 0.229 e. The number of aromatic nitrogens is 2.